The van der Waals surface area contributed by atoms with E-state index in [4.69, 9.17) is 9.47 Å². The summed E-state index contributed by atoms with van der Waals surface area (Å²) in [6.45, 7) is 1.55. The SMILES string of the molecule is C/C=C/c1ccc(OCC(=O)NNC(=O)c2ccccc2F)c(OC)c1. The zero-order chi connectivity index (χ0) is 18.9. The lowest BCUT2D eigenvalue weighted by Crippen LogP contribution is -2.44. The van der Waals surface area contributed by atoms with Gasteiger partial charge in [0.05, 0.1) is 12.7 Å². The smallest absolute Gasteiger partial charge is 0.276 e. The van der Waals surface area contributed by atoms with Crippen molar-refractivity contribution in [1.82, 2.24) is 10.9 Å². The van der Waals surface area contributed by atoms with Crippen molar-refractivity contribution in [1.29, 1.82) is 0 Å². The fraction of sp³-hybridized carbons (Fsp3) is 0.158. The third kappa shape index (κ3) is 5.07. The zero-order valence-electron chi connectivity index (χ0n) is 14.4. The van der Waals surface area contributed by atoms with E-state index in [0.717, 1.165) is 11.6 Å². The van der Waals surface area contributed by atoms with Gasteiger partial charge >= 0.3 is 0 Å². The van der Waals surface area contributed by atoms with Gasteiger partial charge in [0.25, 0.3) is 11.8 Å². The van der Waals surface area contributed by atoms with Crippen LogP contribution < -0.4 is 20.3 Å². The Morgan fingerprint density at radius 2 is 1.88 bits per heavy atom. The van der Waals surface area contributed by atoms with Gasteiger partial charge in [-0.3, -0.25) is 20.4 Å². The summed E-state index contributed by atoms with van der Waals surface area (Å²) in [6.07, 6.45) is 3.79. The molecule has 2 rings (SSSR count). The minimum Gasteiger partial charge on any atom is -0.493 e. The van der Waals surface area contributed by atoms with Crippen molar-refractivity contribution in [2.75, 3.05) is 13.7 Å². The molecule has 6 nitrogen and oxygen atoms in total. The fourth-order valence-corrected chi connectivity index (χ4v) is 2.12. The van der Waals surface area contributed by atoms with Crippen molar-refractivity contribution in [2.24, 2.45) is 0 Å². The van der Waals surface area contributed by atoms with Crippen molar-refractivity contribution in [2.45, 2.75) is 6.92 Å². The first-order chi connectivity index (χ1) is 12.5. The van der Waals surface area contributed by atoms with Crippen LogP contribution in [0.1, 0.15) is 22.8 Å². The predicted octanol–water partition coefficient (Wildman–Crippen LogP) is 2.71. The molecular formula is C19H19FN2O4. The van der Waals surface area contributed by atoms with Gasteiger partial charge < -0.3 is 9.47 Å². The lowest BCUT2D eigenvalue weighted by molar-refractivity contribution is -0.123. The normalized spacial score (nSPS) is 10.4. The topological polar surface area (TPSA) is 76.7 Å². The van der Waals surface area contributed by atoms with Crippen LogP contribution >= 0.6 is 0 Å². The van der Waals surface area contributed by atoms with Crippen molar-refractivity contribution in [3.05, 3.63) is 65.5 Å². The number of benzene rings is 2. The number of hydrogen-bond acceptors (Lipinski definition) is 4. The second kappa shape index (κ2) is 9.22. The summed E-state index contributed by atoms with van der Waals surface area (Å²) in [4.78, 5) is 23.6. The Kier molecular flexibility index (Phi) is 6.73. The van der Waals surface area contributed by atoms with Gasteiger partial charge in [0.2, 0.25) is 0 Å². The van der Waals surface area contributed by atoms with Gasteiger partial charge in [-0.05, 0) is 36.8 Å². The highest BCUT2D eigenvalue weighted by molar-refractivity contribution is 5.95. The van der Waals surface area contributed by atoms with E-state index < -0.39 is 17.6 Å². The van der Waals surface area contributed by atoms with E-state index in [2.05, 4.69) is 10.9 Å². The Labute approximate surface area is 150 Å². The lowest BCUT2D eigenvalue weighted by atomic mass is 10.2. The molecule has 0 bridgehead atoms. The van der Waals surface area contributed by atoms with Gasteiger partial charge in [-0.2, -0.15) is 0 Å². The standard InChI is InChI=1S/C19H19FN2O4/c1-3-6-13-9-10-16(17(11-13)25-2)26-12-18(23)21-22-19(24)14-7-4-5-8-15(14)20/h3-11H,12H2,1-2H3,(H,21,23)(H,22,24)/b6-3+. The summed E-state index contributed by atoms with van der Waals surface area (Å²) in [6, 6.07) is 10.7. The lowest BCUT2D eigenvalue weighted by Gasteiger charge is -2.12. The minimum atomic E-state index is -0.760. The molecule has 2 N–H and O–H groups in total. The largest absolute Gasteiger partial charge is 0.493 e. The van der Waals surface area contributed by atoms with Crippen molar-refractivity contribution >= 4 is 17.9 Å². The average molecular weight is 358 g/mol. The van der Waals surface area contributed by atoms with Crippen LogP contribution in [0.5, 0.6) is 11.5 Å². The number of halogens is 1. The maximum atomic E-state index is 13.5. The van der Waals surface area contributed by atoms with Crippen LogP contribution in [0.2, 0.25) is 0 Å². The molecule has 0 radical (unpaired) electrons. The average Bonchev–Trinajstić information content (AvgIpc) is 2.65. The molecule has 2 aromatic carbocycles. The first-order valence-electron chi connectivity index (χ1n) is 7.82. The van der Waals surface area contributed by atoms with E-state index in [1.807, 2.05) is 25.1 Å². The number of amides is 2. The molecule has 2 amide bonds. The second-order valence-electron chi connectivity index (χ2n) is 5.18. The number of hydrogen-bond donors (Lipinski definition) is 2. The molecule has 0 fully saturated rings. The van der Waals surface area contributed by atoms with Gasteiger partial charge in [0.1, 0.15) is 5.82 Å². The zero-order valence-corrected chi connectivity index (χ0v) is 14.4. The van der Waals surface area contributed by atoms with Crippen LogP contribution in [0.4, 0.5) is 4.39 Å². The highest BCUT2D eigenvalue weighted by atomic mass is 19.1. The molecule has 0 aromatic heterocycles. The quantitative estimate of drug-likeness (QED) is 0.779. The summed E-state index contributed by atoms with van der Waals surface area (Å²) < 4.78 is 24.1. The Hall–Kier alpha value is -3.35. The van der Waals surface area contributed by atoms with Crippen LogP contribution in [0.15, 0.2) is 48.5 Å². The van der Waals surface area contributed by atoms with Crippen molar-refractivity contribution in [3.63, 3.8) is 0 Å². The fourth-order valence-electron chi connectivity index (χ4n) is 2.12. The molecule has 0 unspecified atom stereocenters. The summed E-state index contributed by atoms with van der Waals surface area (Å²) in [7, 11) is 1.50. The Balaban J connectivity index is 1.89. The number of methoxy groups -OCH3 is 1. The molecule has 26 heavy (non-hydrogen) atoms. The maximum absolute atomic E-state index is 13.5. The molecular weight excluding hydrogens is 339 g/mol. The third-order valence-corrected chi connectivity index (χ3v) is 3.34. The Morgan fingerprint density at radius 3 is 2.58 bits per heavy atom. The molecule has 0 saturated carbocycles. The van der Waals surface area contributed by atoms with E-state index in [1.54, 1.807) is 12.1 Å². The highest BCUT2D eigenvalue weighted by Gasteiger charge is 2.12. The van der Waals surface area contributed by atoms with Crippen molar-refractivity contribution < 1.29 is 23.5 Å². The van der Waals surface area contributed by atoms with E-state index in [9.17, 15) is 14.0 Å². The minimum absolute atomic E-state index is 0.171. The van der Waals surface area contributed by atoms with Crippen LogP contribution in [0.3, 0.4) is 0 Å². The predicted molar refractivity (Wildman–Crippen MR) is 95.2 cm³/mol. The van der Waals surface area contributed by atoms with Gasteiger partial charge in [0.15, 0.2) is 18.1 Å². The summed E-state index contributed by atoms with van der Waals surface area (Å²) in [5, 5.41) is 0. The molecule has 0 saturated heterocycles. The molecule has 0 aliphatic carbocycles. The molecule has 7 heteroatoms. The summed E-state index contributed by atoms with van der Waals surface area (Å²) in [5.74, 6) is -1.18. The number of carbonyl (C=O) groups is 2. The number of ether oxygens (including phenoxy) is 2. The molecule has 0 aliphatic rings. The summed E-state index contributed by atoms with van der Waals surface area (Å²) in [5.41, 5.74) is 5.05. The first-order valence-corrected chi connectivity index (χ1v) is 7.82. The summed E-state index contributed by atoms with van der Waals surface area (Å²) >= 11 is 0. The molecule has 0 spiro atoms. The molecule has 0 aliphatic heterocycles. The van der Waals surface area contributed by atoms with E-state index >= 15 is 0 Å². The molecule has 0 heterocycles. The van der Waals surface area contributed by atoms with E-state index in [1.165, 1.54) is 25.3 Å². The third-order valence-electron chi connectivity index (χ3n) is 3.34. The Bertz CT molecular complexity index is 821. The van der Waals surface area contributed by atoms with Crippen LogP contribution in [0.25, 0.3) is 6.08 Å². The van der Waals surface area contributed by atoms with Gasteiger partial charge in [0, 0.05) is 0 Å². The number of hydrazine groups is 1. The first kappa shape index (κ1) is 19.0. The number of allylic oxidation sites excluding steroid dienone is 1. The van der Waals surface area contributed by atoms with Crippen LogP contribution in [-0.2, 0) is 4.79 Å². The van der Waals surface area contributed by atoms with Crippen LogP contribution in [0, 0.1) is 5.82 Å². The van der Waals surface area contributed by atoms with Gasteiger partial charge in [-0.15, -0.1) is 0 Å². The molecule has 0 atom stereocenters. The molecule has 136 valence electrons. The van der Waals surface area contributed by atoms with Gasteiger partial charge in [-0.25, -0.2) is 4.39 Å². The monoisotopic (exact) mass is 358 g/mol. The van der Waals surface area contributed by atoms with E-state index in [-0.39, 0.29) is 12.2 Å². The number of carbonyl (C=O) groups excluding carboxylic acids is 2. The Morgan fingerprint density at radius 1 is 1.12 bits per heavy atom. The molecule has 2 aromatic rings. The van der Waals surface area contributed by atoms with E-state index in [0.29, 0.717) is 11.5 Å². The van der Waals surface area contributed by atoms with Gasteiger partial charge in [-0.1, -0.05) is 30.4 Å². The number of nitrogens with one attached hydrogen (secondary N) is 2. The number of rotatable bonds is 6. The van der Waals surface area contributed by atoms with Crippen molar-refractivity contribution in [3.8, 4) is 11.5 Å². The maximum Gasteiger partial charge on any atom is 0.276 e. The second-order valence-corrected chi connectivity index (χ2v) is 5.18. The van der Waals surface area contributed by atoms with Crippen LogP contribution in [-0.4, -0.2) is 25.5 Å². The highest BCUT2D eigenvalue weighted by Crippen LogP contribution is 2.28.